The Labute approximate surface area is 181 Å². The maximum atomic E-state index is 13.2. The number of carbonyl (C=O) groups is 2. The van der Waals surface area contributed by atoms with Crippen LogP contribution in [0.2, 0.25) is 5.02 Å². The van der Waals surface area contributed by atoms with Gasteiger partial charge in [-0.3, -0.25) is 15.0 Å². The molecular formula is C23H27ClN4O2. The number of rotatable bonds is 4. The van der Waals surface area contributed by atoms with E-state index in [4.69, 9.17) is 11.6 Å². The van der Waals surface area contributed by atoms with Crippen molar-refractivity contribution < 1.29 is 9.59 Å². The number of nitrogens with one attached hydrogen (secondary N) is 3. The second-order valence-electron chi connectivity index (χ2n) is 8.05. The molecule has 0 aliphatic carbocycles. The van der Waals surface area contributed by atoms with Gasteiger partial charge in [0.05, 0.1) is 12.0 Å². The van der Waals surface area contributed by atoms with E-state index in [9.17, 15) is 9.59 Å². The largest absolute Gasteiger partial charge is 0.349 e. The van der Waals surface area contributed by atoms with Gasteiger partial charge in [-0.2, -0.15) is 0 Å². The summed E-state index contributed by atoms with van der Waals surface area (Å²) in [5.41, 5.74) is 9.08. The summed E-state index contributed by atoms with van der Waals surface area (Å²) in [7, 11) is 0. The molecule has 2 amide bonds. The molecule has 6 nitrogen and oxygen atoms in total. The molecule has 2 aliphatic heterocycles. The third-order valence-electron chi connectivity index (χ3n) is 6.06. The highest BCUT2D eigenvalue weighted by Gasteiger charge is 2.37. The summed E-state index contributed by atoms with van der Waals surface area (Å²) in [4.78, 5) is 27.7. The van der Waals surface area contributed by atoms with Crippen LogP contribution in [0.1, 0.15) is 40.4 Å². The second-order valence-corrected chi connectivity index (χ2v) is 8.49. The van der Waals surface area contributed by atoms with Crippen LogP contribution in [0.3, 0.4) is 0 Å². The molecule has 4 rings (SSSR count). The Morgan fingerprint density at radius 1 is 1.07 bits per heavy atom. The van der Waals surface area contributed by atoms with E-state index in [1.54, 1.807) is 0 Å². The molecule has 2 aromatic rings. The van der Waals surface area contributed by atoms with Crippen LogP contribution >= 0.6 is 11.6 Å². The van der Waals surface area contributed by atoms with E-state index >= 15 is 0 Å². The lowest BCUT2D eigenvalue weighted by molar-refractivity contribution is -0.136. The molecule has 30 heavy (non-hydrogen) atoms. The second kappa shape index (κ2) is 9.16. The van der Waals surface area contributed by atoms with Gasteiger partial charge >= 0.3 is 0 Å². The zero-order valence-electron chi connectivity index (χ0n) is 17.0. The van der Waals surface area contributed by atoms with E-state index in [-0.39, 0.29) is 29.8 Å². The van der Waals surface area contributed by atoms with Crippen LogP contribution in [0, 0.1) is 12.8 Å². The number of piperidine rings is 1. The standard InChI is InChI=1S/C23H27ClN4O2/c1-15-4-2-3-5-19(15)22(29)26-18-10-12-28(13-11-18)23(30)20-14-25-27-21(20)16-6-8-17(24)9-7-16/h2-9,18,20-21,25,27H,10-14H2,1H3,(H,26,29). The molecule has 2 aliphatic rings. The number of likely N-dealkylation sites (tertiary alicyclic amines) is 1. The molecule has 0 saturated carbocycles. The van der Waals surface area contributed by atoms with Gasteiger partial charge in [-0.05, 0) is 49.1 Å². The molecule has 3 N–H and O–H groups in total. The first kappa shape index (κ1) is 20.8. The number of carbonyl (C=O) groups excluding carboxylic acids is 2. The quantitative estimate of drug-likeness (QED) is 0.702. The van der Waals surface area contributed by atoms with E-state index in [2.05, 4.69) is 16.2 Å². The molecule has 158 valence electrons. The average Bonchev–Trinajstić information content (AvgIpc) is 3.24. The number of aryl methyl sites for hydroxylation is 1. The summed E-state index contributed by atoms with van der Waals surface area (Å²) in [5.74, 6) is -0.0507. The van der Waals surface area contributed by atoms with E-state index in [0.717, 1.165) is 24.0 Å². The zero-order valence-corrected chi connectivity index (χ0v) is 17.8. The Morgan fingerprint density at radius 2 is 1.77 bits per heavy atom. The summed E-state index contributed by atoms with van der Waals surface area (Å²) in [6.45, 7) is 3.84. The normalized spacial score (nSPS) is 22.1. The van der Waals surface area contributed by atoms with Crippen LogP contribution < -0.4 is 16.2 Å². The van der Waals surface area contributed by atoms with Gasteiger partial charge in [-0.25, -0.2) is 5.43 Å². The third-order valence-corrected chi connectivity index (χ3v) is 6.31. The van der Waals surface area contributed by atoms with Crippen LogP contribution in [0.4, 0.5) is 0 Å². The topological polar surface area (TPSA) is 73.5 Å². The molecule has 0 radical (unpaired) electrons. The summed E-state index contributed by atoms with van der Waals surface area (Å²) >= 11 is 6.00. The van der Waals surface area contributed by atoms with Gasteiger partial charge in [0.2, 0.25) is 5.91 Å². The summed E-state index contributed by atoms with van der Waals surface area (Å²) in [6, 6.07) is 15.2. The first-order valence-corrected chi connectivity index (χ1v) is 10.8. The van der Waals surface area contributed by atoms with Crippen LogP contribution in [-0.4, -0.2) is 42.4 Å². The first-order chi connectivity index (χ1) is 14.5. The maximum absolute atomic E-state index is 13.2. The predicted molar refractivity (Wildman–Crippen MR) is 117 cm³/mol. The third kappa shape index (κ3) is 4.51. The Hall–Kier alpha value is -2.41. The van der Waals surface area contributed by atoms with Crippen molar-refractivity contribution in [3.8, 4) is 0 Å². The van der Waals surface area contributed by atoms with Crippen molar-refractivity contribution in [2.75, 3.05) is 19.6 Å². The number of amides is 2. The van der Waals surface area contributed by atoms with Gasteiger partial charge < -0.3 is 10.2 Å². The lowest BCUT2D eigenvalue weighted by atomic mass is 9.92. The highest BCUT2D eigenvalue weighted by atomic mass is 35.5. The summed E-state index contributed by atoms with van der Waals surface area (Å²) in [6.07, 6.45) is 1.53. The molecule has 7 heteroatoms. The fourth-order valence-electron chi connectivity index (χ4n) is 4.28. The summed E-state index contributed by atoms with van der Waals surface area (Å²) < 4.78 is 0. The van der Waals surface area contributed by atoms with Gasteiger partial charge in [-0.15, -0.1) is 0 Å². The Morgan fingerprint density at radius 3 is 2.47 bits per heavy atom. The SMILES string of the molecule is Cc1ccccc1C(=O)NC1CCN(C(=O)C2CNNC2c2ccc(Cl)cc2)CC1. The van der Waals surface area contributed by atoms with Crippen LogP contribution in [0.25, 0.3) is 0 Å². The van der Waals surface area contributed by atoms with Crippen LogP contribution in [-0.2, 0) is 4.79 Å². The number of nitrogens with zero attached hydrogens (tertiary/aromatic N) is 1. The Bertz CT molecular complexity index is 910. The number of hydrazine groups is 1. The van der Waals surface area contributed by atoms with E-state index in [1.807, 2.05) is 60.4 Å². The van der Waals surface area contributed by atoms with Gasteiger partial charge in [0.25, 0.3) is 5.91 Å². The molecule has 2 fully saturated rings. The number of benzene rings is 2. The van der Waals surface area contributed by atoms with Crippen molar-refractivity contribution in [2.45, 2.75) is 31.8 Å². The molecule has 2 heterocycles. The van der Waals surface area contributed by atoms with Gasteiger partial charge in [0.15, 0.2) is 0 Å². The monoisotopic (exact) mass is 426 g/mol. The van der Waals surface area contributed by atoms with Crippen molar-refractivity contribution in [2.24, 2.45) is 5.92 Å². The minimum Gasteiger partial charge on any atom is -0.349 e. The number of halogens is 1. The average molecular weight is 427 g/mol. The van der Waals surface area contributed by atoms with Crippen LogP contribution in [0.5, 0.6) is 0 Å². The van der Waals surface area contributed by atoms with Crippen LogP contribution in [0.15, 0.2) is 48.5 Å². The minimum absolute atomic E-state index is 0.0372. The number of hydrogen-bond acceptors (Lipinski definition) is 4. The fraction of sp³-hybridized carbons (Fsp3) is 0.391. The van der Waals surface area contributed by atoms with E-state index in [1.165, 1.54) is 0 Å². The lowest BCUT2D eigenvalue weighted by Gasteiger charge is -2.34. The molecule has 2 saturated heterocycles. The number of hydrogen-bond donors (Lipinski definition) is 3. The smallest absolute Gasteiger partial charge is 0.251 e. The maximum Gasteiger partial charge on any atom is 0.251 e. The summed E-state index contributed by atoms with van der Waals surface area (Å²) in [5, 5.41) is 3.81. The molecule has 2 aromatic carbocycles. The fourth-order valence-corrected chi connectivity index (χ4v) is 4.41. The highest BCUT2D eigenvalue weighted by molar-refractivity contribution is 6.30. The van der Waals surface area contributed by atoms with Gasteiger partial charge in [0, 0.05) is 36.3 Å². The Balaban J connectivity index is 1.33. The van der Waals surface area contributed by atoms with Crippen molar-refractivity contribution in [3.05, 3.63) is 70.2 Å². The Kier molecular flexibility index (Phi) is 6.37. The van der Waals surface area contributed by atoms with Gasteiger partial charge in [-0.1, -0.05) is 41.9 Å². The van der Waals surface area contributed by atoms with E-state index < -0.39 is 0 Å². The molecule has 2 unspecified atom stereocenters. The minimum atomic E-state index is -0.163. The predicted octanol–water partition coefficient (Wildman–Crippen LogP) is 2.83. The molecular weight excluding hydrogens is 400 g/mol. The molecule has 0 spiro atoms. The highest BCUT2D eigenvalue weighted by Crippen LogP contribution is 2.28. The van der Waals surface area contributed by atoms with Gasteiger partial charge in [0.1, 0.15) is 0 Å². The zero-order chi connectivity index (χ0) is 21.1. The molecule has 2 atom stereocenters. The van der Waals surface area contributed by atoms with E-state index in [0.29, 0.717) is 30.2 Å². The van der Waals surface area contributed by atoms with Crippen molar-refractivity contribution in [1.82, 2.24) is 21.1 Å². The van der Waals surface area contributed by atoms with Crippen molar-refractivity contribution >= 4 is 23.4 Å². The van der Waals surface area contributed by atoms with Crippen molar-refractivity contribution in [3.63, 3.8) is 0 Å². The molecule has 0 aromatic heterocycles. The lowest BCUT2D eigenvalue weighted by Crippen LogP contribution is -2.49. The first-order valence-electron chi connectivity index (χ1n) is 10.4. The molecule has 0 bridgehead atoms. The van der Waals surface area contributed by atoms with Crippen molar-refractivity contribution in [1.29, 1.82) is 0 Å².